The third kappa shape index (κ3) is 6.33. The number of nitrogens with zero attached hydrogens (tertiary/aromatic N) is 1. The number of aliphatic carboxylic acids is 1. The van der Waals surface area contributed by atoms with Gasteiger partial charge in [-0.3, -0.25) is 14.4 Å². The minimum Gasteiger partial charge on any atom is -0.481 e. The molecule has 0 bridgehead atoms. The average Bonchev–Trinajstić information content (AvgIpc) is 2.55. The molecule has 1 atom stereocenters. The Kier molecular flexibility index (Phi) is 7.73. The van der Waals surface area contributed by atoms with Gasteiger partial charge in [0.1, 0.15) is 0 Å². The van der Waals surface area contributed by atoms with E-state index in [0.717, 1.165) is 5.56 Å². The summed E-state index contributed by atoms with van der Waals surface area (Å²) in [7, 11) is 0. The van der Waals surface area contributed by atoms with E-state index in [1.54, 1.807) is 30.3 Å². The van der Waals surface area contributed by atoms with E-state index in [-0.39, 0.29) is 19.3 Å². The number of benzene rings is 1. The molecule has 1 amide bonds. The lowest BCUT2D eigenvalue weighted by Crippen LogP contribution is -2.28. The van der Waals surface area contributed by atoms with Gasteiger partial charge in [0.25, 0.3) is 0 Å². The minimum absolute atomic E-state index is 0.00926. The molecule has 0 heterocycles. The summed E-state index contributed by atoms with van der Waals surface area (Å²) < 4.78 is 0. The van der Waals surface area contributed by atoms with Crippen molar-refractivity contribution in [2.24, 2.45) is 5.92 Å². The Bertz CT molecular complexity index is 680. The number of amides is 1. The number of hydrogen-bond donors (Lipinski definition) is 2. The largest absolute Gasteiger partial charge is 0.481 e. The van der Waals surface area contributed by atoms with Gasteiger partial charge in [-0.15, -0.1) is 12.3 Å². The molecule has 2 N–H and O–H groups in total. The number of anilines is 1. The highest BCUT2D eigenvalue weighted by Gasteiger charge is 2.25. The zero-order valence-electron chi connectivity index (χ0n) is 13.1. The second kappa shape index (κ2) is 9.81. The summed E-state index contributed by atoms with van der Waals surface area (Å²) >= 11 is 0. The highest BCUT2D eigenvalue weighted by Crippen LogP contribution is 2.14. The second-order valence-corrected chi connectivity index (χ2v) is 5.17. The molecule has 1 unspecified atom stereocenters. The fraction of sp³-hybridized carbons (Fsp3) is 0.333. The van der Waals surface area contributed by atoms with Crippen molar-refractivity contribution in [2.45, 2.75) is 32.1 Å². The van der Waals surface area contributed by atoms with Crippen molar-refractivity contribution in [2.75, 3.05) is 5.32 Å². The number of rotatable bonds is 9. The van der Waals surface area contributed by atoms with Crippen LogP contribution in [0.3, 0.4) is 0 Å². The maximum absolute atomic E-state index is 12.0. The molecule has 0 saturated carbocycles. The molecule has 6 heteroatoms. The van der Waals surface area contributed by atoms with Crippen LogP contribution >= 0.6 is 0 Å². The number of carboxylic acids is 1. The van der Waals surface area contributed by atoms with E-state index in [1.165, 1.54) is 0 Å². The number of carbonyl (C=O) groups is 3. The first-order chi connectivity index (χ1) is 11.5. The molecule has 0 fully saturated rings. The number of Topliss-reactive ketones (excluding diaryl/α,β-unsaturated/α-hetero) is 1. The molecule has 24 heavy (non-hydrogen) atoms. The van der Waals surface area contributed by atoms with Crippen molar-refractivity contribution in [1.82, 2.24) is 0 Å². The van der Waals surface area contributed by atoms with E-state index in [4.69, 9.17) is 16.8 Å². The van der Waals surface area contributed by atoms with Crippen molar-refractivity contribution in [3.8, 4) is 18.4 Å². The van der Waals surface area contributed by atoms with Crippen molar-refractivity contribution in [3.05, 3.63) is 29.8 Å². The van der Waals surface area contributed by atoms with Crippen molar-refractivity contribution < 1.29 is 19.5 Å². The Labute approximate surface area is 140 Å². The van der Waals surface area contributed by atoms with Crippen LogP contribution in [0.1, 0.15) is 31.2 Å². The van der Waals surface area contributed by atoms with Crippen LogP contribution in [0.2, 0.25) is 0 Å². The average molecular weight is 326 g/mol. The van der Waals surface area contributed by atoms with Gasteiger partial charge in [-0.1, -0.05) is 12.1 Å². The molecule has 0 aromatic heterocycles. The van der Waals surface area contributed by atoms with Gasteiger partial charge >= 0.3 is 5.97 Å². The molecule has 1 aromatic carbocycles. The van der Waals surface area contributed by atoms with E-state index in [9.17, 15) is 14.4 Å². The molecule has 6 nitrogen and oxygen atoms in total. The Morgan fingerprint density at radius 1 is 1.21 bits per heavy atom. The summed E-state index contributed by atoms with van der Waals surface area (Å²) in [6.07, 6.45) is 6.49. The molecule has 0 saturated heterocycles. The topological polar surface area (TPSA) is 107 Å². The number of terminal acetylenes is 1. The summed E-state index contributed by atoms with van der Waals surface area (Å²) in [5, 5.41) is 20.1. The van der Waals surface area contributed by atoms with Gasteiger partial charge in [-0.2, -0.15) is 5.26 Å². The number of aryl methyl sites for hydroxylation is 1. The number of ketones is 1. The summed E-state index contributed by atoms with van der Waals surface area (Å²) in [4.78, 5) is 34.2. The van der Waals surface area contributed by atoms with Gasteiger partial charge in [-0.05, 0) is 30.5 Å². The van der Waals surface area contributed by atoms with Crippen LogP contribution in [0.4, 0.5) is 5.69 Å². The Morgan fingerprint density at radius 2 is 1.88 bits per heavy atom. The molecular weight excluding hydrogens is 308 g/mol. The molecule has 124 valence electrons. The first-order valence-electron chi connectivity index (χ1n) is 7.45. The van der Waals surface area contributed by atoms with Gasteiger partial charge in [0.05, 0.1) is 6.07 Å². The minimum atomic E-state index is -1.38. The second-order valence-electron chi connectivity index (χ2n) is 5.17. The Morgan fingerprint density at radius 3 is 2.42 bits per heavy atom. The molecule has 0 aliphatic heterocycles. The maximum Gasteiger partial charge on any atom is 0.303 e. The number of carboxylic acid groups (broad SMARTS) is 1. The van der Waals surface area contributed by atoms with Crippen molar-refractivity contribution in [1.29, 1.82) is 5.26 Å². The predicted molar refractivity (Wildman–Crippen MR) is 87.8 cm³/mol. The lowest BCUT2D eigenvalue weighted by atomic mass is 10.0. The number of nitriles is 1. The van der Waals surface area contributed by atoms with Crippen molar-refractivity contribution >= 4 is 23.3 Å². The Balaban J connectivity index is 2.60. The van der Waals surface area contributed by atoms with Crippen LogP contribution in [0.15, 0.2) is 24.3 Å². The van der Waals surface area contributed by atoms with Crippen LogP contribution < -0.4 is 5.32 Å². The number of hydrogen-bond acceptors (Lipinski definition) is 4. The first-order valence-corrected chi connectivity index (χ1v) is 7.45. The molecule has 0 spiro atoms. The number of nitrogens with one attached hydrogen (secondary N) is 1. The Hall–Kier alpha value is -3.12. The van der Waals surface area contributed by atoms with Crippen molar-refractivity contribution in [3.63, 3.8) is 0 Å². The summed E-state index contributed by atoms with van der Waals surface area (Å²) in [5.74, 6) is -1.10. The standard InChI is InChI=1S/C18H18N2O4/c1-2-3-6-16(21)15(12-19)18(24)20-14-10-8-13(9-11-14)5-4-7-17(22)23/h1,8-11,15H,3-7H2,(H,20,24)(H,22,23). The van der Waals surface area contributed by atoms with Crippen LogP contribution in [0.5, 0.6) is 0 Å². The summed E-state index contributed by atoms with van der Waals surface area (Å²) in [5.41, 5.74) is 1.41. The third-order valence-corrected chi connectivity index (χ3v) is 3.31. The molecular formula is C18H18N2O4. The van der Waals surface area contributed by atoms with E-state index < -0.39 is 23.6 Å². The third-order valence-electron chi connectivity index (χ3n) is 3.31. The van der Waals surface area contributed by atoms with Crippen LogP contribution in [0, 0.1) is 29.6 Å². The normalized spacial score (nSPS) is 10.9. The molecule has 0 aliphatic rings. The van der Waals surface area contributed by atoms with Crippen LogP contribution in [-0.4, -0.2) is 22.8 Å². The molecule has 1 aromatic rings. The van der Waals surface area contributed by atoms with Gasteiger partial charge in [0, 0.05) is 24.9 Å². The first kappa shape index (κ1) is 18.9. The lowest BCUT2D eigenvalue weighted by molar-refractivity contribution is -0.137. The van der Waals surface area contributed by atoms with E-state index in [1.807, 2.05) is 0 Å². The molecule has 1 rings (SSSR count). The van der Waals surface area contributed by atoms with Crippen LogP contribution in [0.25, 0.3) is 0 Å². The maximum atomic E-state index is 12.0. The van der Waals surface area contributed by atoms with Crippen LogP contribution in [-0.2, 0) is 20.8 Å². The highest BCUT2D eigenvalue weighted by atomic mass is 16.4. The van der Waals surface area contributed by atoms with E-state index in [0.29, 0.717) is 18.5 Å². The summed E-state index contributed by atoms with van der Waals surface area (Å²) in [6, 6.07) is 8.51. The highest BCUT2D eigenvalue weighted by molar-refractivity contribution is 6.09. The quantitative estimate of drug-likeness (QED) is 0.534. The van der Waals surface area contributed by atoms with Gasteiger partial charge in [-0.25, -0.2) is 0 Å². The van der Waals surface area contributed by atoms with Gasteiger partial charge in [0.15, 0.2) is 11.7 Å². The zero-order valence-corrected chi connectivity index (χ0v) is 13.1. The van der Waals surface area contributed by atoms with E-state index >= 15 is 0 Å². The van der Waals surface area contributed by atoms with Gasteiger partial charge < -0.3 is 10.4 Å². The lowest BCUT2D eigenvalue weighted by Gasteiger charge is -2.09. The summed E-state index contributed by atoms with van der Waals surface area (Å²) in [6.45, 7) is 0. The van der Waals surface area contributed by atoms with Gasteiger partial charge in [0.2, 0.25) is 5.91 Å². The monoisotopic (exact) mass is 326 g/mol. The fourth-order valence-corrected chi connectivity index (χ4v) is 2.03. The fourth-order valence-electron chi connectivity index (χ4n) is 2.03. The number of carbonyl (C=O) groups excluding carboxylic acids is 2. The molecule has 0 aliphatic carbocycles. The SMILES string of the molecule is C#CCCC(=O)C(C#N)C(=O)Nc1ccc(CCCC(=O)O)cc1. The predicted octanol–water partition coefficient (Wildman–Crippen LogP) is 2.15. The molecule has 0 radical (unpaired) electrons. The smallest absolute Gasteiger partial charge is 0.303 e. The zero-order chi connectivity index (χ0) is 17.9. The van der Waals surface area contributed by atoms with E-state index in [2.05, 4.69) is 11.2 Å².